The third-order valence-electron chi connectivity index (χ3n) is 2.12. The van der Waals surface area contributed by atoms with Gasteiger partial charge in [0.2, 0.25) is 0 Å². The molecule has 1 nitrogen and oxygen atoms in total. The van der Waals surface area contributed by atoms with Gasteiger partial charge in [-0.1, -0.05) is 15.9 Å². The summed E-state index contributed by atoms with van der Waals surface area (Å²) in [5, 5.41) is 3.09. The zero-order chi connectivity index (χ0) is 10.1. The lowest BCUT2D eigenvalue weighted by Gasteiger charge is -2.05. The van der Waals surface area contributed by atoms with Crippen molar-refractivity contribution in [2.45, 2.75) is 13.8 Å². The molecule has 0 saturated heterocycles. The second kappa shape index (κ2) is 3.83. The molecule has 72 valence electrons. The van der Waals surface area contributed by atoms with Crippen LogP contribution >= 0.6 is 27.3 Å². The number of thiazole rings is 1. The Bertz CT molecular complexity index is 425. The molecule has 0 bridgehead atoms. The molecule has 0 fully saturated rings. The predicted molar refractivity (Wildman–Crippen MR) is 64.7 cm³/mol. The van der Waals surface area contributed by atoms with Gasteiger partial charge in [0, 0.05) is 21.6 Å². The second-order valence-corrected chi connectivity index (χ2v) is 4.95. The van der Waals surface area contributed by atoms with E-state index in [1.807, 2.05) is 11.6 Å². The smallest absolute Gasteiger partial charge is 0.123 e. The van der Waals surface area contributed by atoms with E-state index in [0.717, 1.165) is 5.01 Å². The fourth-order valence-electron chi connectivity index (χ4n) is 1.44. The number of hydrogen-bond donors (Lipinski definition) is 0. The molecule has 0 aliphatic heterocycles. The molecule has 0 radical (unpaired) electrons. The molecule has 0 unspecified atom stereocenters. The summed E-state index contributed by atoms with van der Waals surface area (Å²) in [5.74, 6) is 0. The molecule has 1 aromatic carbocycles. The van der Waals surface area contributed by atoms with Crippen molar-refractivity contribution in [1.29, 1.82) is 0 Å². The monoisotopic (exact) mass is 267 g/mol. The lowest BCUT2D eigenvalue weighted by molar-refractivity contribution is 1.32. The van der Waals surface area contributed by atoms with E-state index in [0.29, 0.717) is 0 Å². The minimum atomic E-state index is 1.09. The fourth-order valence-corrected chi connectivity index (χ4v) is 2.29. The SMILES string of the molecule is Cc1cc(-c2nccs2)cc(C)c1Br. The third-order valence-corrected chi connectivity index (χ3v) is 4.19. The Labute approximate surface area is 95.9 Å². The molecule has 0 spiro atoms. The molecule has 1 heterocycles. The highest BCUT2D eigenvalue weighted by molar-refractivity contribution is 9.10. The first-order chi connectivity index (χ1) is 6.68. The maximum atomic E-state index is 4.30. The molecule has 2 rings (SSSR count). The Balaban J connectivity index is 2.57. The zero-order valence-corrected chi connectivity index (χ0v) is 10.4. The molecule has 14 heavy (non-hydrogen) atoms. The van der Waals surface area contributed by atoms with Crippen LogP contribution in [0.25, 0.3) is 10.6 Å². The van der Waals surface area contributed by atoms with E-state index in [1.54, 1.807) is 11.3 Å². The summed E-state index contributed by atoms with van der Waals surface area (Å²) in [6.07, 6.45) is 1.84. The maximum absolute atomic E-state index is 4.30. The highest BCUT2D eigenvalue weighted by Gasteiger charge is 2.05. The molecule has 3 heteroatoms. The Morgan fingerprint density at radius 3 is 2.36 bits per heavy atom. The number of aryl methyl sites for hydroxylation is 2. The predicted octanol–water partition coefficient (Wildman–Crippen LogP) is 4.19. The number of rotatable bonds is 1. The van der Waals surface area contributed by atoms with Gasteiger partial charge in [0.05, 0.1) is 0 Å². The van der Waals surface area contributed by atoms with Crippen LogP contribution in [0.2, 0.25) is 0 Å². The van der Waals surface area contributed by atoms with Crippen molar-refractivity contribution in [3.8, 4) is 10.6 Å². The van der Waals surface area contributed by atoms with Crippen molar-refractivity contribution in [1.82, 2.24) is 4.98 Å². The van der Waals surface area contributed by atoms with Gasteiger partial charge < -0.3 is 0 Å². The van der Waals surface area contributed by atoms with Crippen LogP contribution in [0.3, 0.4) is 0 Å². The zero-order valence-electron chi connectivity index (χ0n) is 8.04. The molecule has 0 atom stereocenters. The number of aromatic nitrogens is 1. The van der Waals surface area contributed by atoms with Gasteiger partial charge in [-0.05, 0) is 37.1 Å². The molecule has 0 aliphatic rings. The standard InChI is InChI=1S/C11H10BrNS/c1-7-5-9(6-8(2)10(7)12)11-13-3-4-14-11/h3-6H,1-2H3. The van der Waals surface area contributed by atoms with Crippen LogP contribution in [0.5, 0.6) is 0 Å². The summed E-state index contributed by atoms with van der Waals surface area (Å²) in [6, 6.07) is 4.33. The Morgan fingerprint density at radius 1 is 1.21 bits per heavy atom. The quantitative estimate of drug-likeness (QED) is 0.755. The van der Waals surface area contributed by atoms with Gasteiger partial charge in [0.25, 0.3) is 0 Å². The van der Waals surface area contributed by atoms with Crippen molar-refractivity contribution in [2.24, 2.45) is 0 Å². The maximum Gasteiger partial charge on any atom is 0.123 e. The van der Waals surface area contributed by atoms with Crippen LogP contribution in [-0.2, 0) is 0 Å². The van der Waals surface area contributed by atoms with E-state index in [9.17, 15) is 0 Å². The van der Waals surface area contributed by atoms with Crippen LogP contribution < -0.4 is 0 Å². The Kier molecular flexibility index (Phi) is 2.70. The van der Waals surface area contributed by atoms with Crippen molar-refractivity contribution >= 4 is 27.3 Å². The van der Waals surface area contributed by atoms with Crippen molar-refractivity contribution < 1.29 is 0 Å². The lowest BCUT2D eigenvalue weighted by Crippen LogP contribution is -1.84. The van der Waals surface area contributed by atoms with E-state index in [-0.39, 0.29) is 0 Å². The highest BCUT2D eigenvalue weighted by atomic mass is 79.9. The topological polar surface area (TPSA) is 12.9 Å². The first kappa shape index (κ1) is 9.87. The van der Waals surface area contributed by atoms with E-state index in [4.69, 9.17) is 0 Å². The second-order valence-electron chi connectivity index (χ2n) is 3.26. The summed E-state index contributed by atoms with van der Waals surface area (Å²) in [6.45, 7) is 4.21. The number of halogens is 1. The van der Waals surface area contributed by atoms with E-state index < -0.39 is 0 Å². The Morgan fingerprint density at radius 2 is 1.86 bits per heavy atom. The largest absolute Gasteiger partial charge is 0.245 e. The highest BCUT2D eigenvalue weighted by Crippen LogP contribution is 2.29. The molecule has 0 N–H and O–H groups in total. The summed E-state index contributed by atoms with van der Waals surface area (Å²) in [5.41, 5.74) is 3.73. The van der Waals surface area contributed by atoms with Gasteiger partial charge >= 0.3 is 0 Å². The minimum Gasteiger partial charge on any atom is -0.245 e. The normalized spacial score (nSPS) is 10.5. The van der Waals surface area contributed by atoms with Crippen molar-refractivity contribution in [3.63, 3.8) is 0 Å². The molecular weight excluding hydrogens is 258 g/mol. The van der Waals surface area contributed by atoms with Gasteiger partial charge in [-0.2, -0.15) is 0 Å². The van der Waals surface area contributed by atoms with Gasteiger partial charge in [-0.25, -0.2) is 4.98 Å². The van der Waals surface area contributed by atoms with Gasteiger partial charge in [-0.15, -0.1) is 11.3 Å². The van der Waals surface area contributed by atoms with Crippen molar-refractivity contribution in [2.75, 3.05) is 0 Å². The van der Waals surface area contributed by atoms with Crippen LogP contribution in [0.4, 0.5) is 0 Å². The van der Waals surface area contributed by atoms with Crippen LogP contribution in [-0.4, -0.2) is 4.98 Å². The first-order valence-electron chi connectivity index (χ1n) is 4.35. The van der Waals surface area contributed by atoms with Gasteiger partial charge in [0.15, 0.2) is 0 Å². The summed E-state index contributed by atoms with van der Waals surface area (Å²) >= 11 is 5.23. The van der Waals surface area contributed by atoms with Crippen LogP contribution in [0.15, 0.2) is 28.2 Å². The van der Waals surface area contributed by atoms with E-state index in [2.05, 4.69) is 46.9 Å². The van der Waals surface area contributed by atoms with Crippen LogP contribution in [0.1, 0.15) is 11.1 Å². The molecule has 0 amide bonds. The average Bonchev–Trinajstić information content (AvgIpc) is 2.66. The molecule has 0 saturated carbocycles. The Hall–Kier alpha value is -0.670. The number of nitrogens with zero attached hydrogens (tertiary/aromatic N) is 1. The summed E-state index contributed by atoms with van der Waals surface area (Å²) < 4.78 is 1.19. The third kappa shape index (κ3) is 1.74. The molecule has 2 aromatic rings. The number of hydrogen-bond acceptors (Lipinski definition) is 2. The first-order valence-corrected chi connectivity index (χ1v) is 6.02. The number of benzene rings is 1. The fraction of sp³-hybridized carbons (Fsp3) is 0.182. The van der Waals surface area contributed by atoms with Gasteiger partial charge in [-0.3, -0.25) is 0 Å². The molecule has 0 aliphatic carbocycles. The molecule has 1 aromatic heterocycles. The van der Waals surface area contributed by atoms with Crippen LogP contribution in [0, 0.1) is 13.8 Å². The van der Waals surface area contributed by atoms with E-state index >= 15 is 0 Å². The molecular formula is C11H10BrNS. The van der Waals surface area contributed by atoms with Crippen molar-refractivity contribution in [3.05, 3.63) is 39.3 Å². The lowest BCUT2D eigenvalue weighted by atomic mass is 10.1. The minimum absolute atomic E-state index is 1.09. The van der Waals surface area contributed by atoms with E-state index in [1.165, 1.54) is 21.2 Å². The average molecular weight is 268 g/mol. The summed E-state index contributed by atoms with van der Waals surface area (Å²) in [4.78, 5) is 4.30. The summed E-state index contributed by atoms with van der Waals surface area (Å²) in [7, 11) is 0. The van der Waals surface area contributed by atoms with Gasteiger partial charge in [0.1, 0.15) is 5.01 Å².